The molecule has 0 spiro atoms. The Kier molecular flexibility index (Phi) is 11.3. The van der Waals surface area contributed by atoms with Gasteiger partial charge in [0.2, 0.25) is 0 Å². The fourth-order valence-electron chi connectivity index (χ4n) is 1.04. The van der Waals surface area contributed by atoms with Gasteiger partial charge >= 0.3 is 184 Å². The number of hydrogen-bond donors (Lipinski definition) is 0. The van der Waals surface area contributed by atoms with E-state index in [0.29, 0.717) is 13.1 Å². The second kappa shape index (κ2) is 10.7. The van der Waals surface area contributed by atoms with E-state index in [4.69, 9.17) is 50.9 Å². The Bertz CT molecular complexity index is 420. The summed E-state index contributed by atoms with van der Waals surface area (Å²) in [6, 6.07) is 0. The van der Waals surface area contributed by atoms with Crippen molar-refractivity contribution >= 4 is 91.1 Å². The molecule has 0 aliphatic heterocycles. The Morgan fingerprint density at radius 2 is 0.760 bits per heavy atom. The van der Waals surface area contributed by atoms with Crippen LogP contribution < -0.4 is 0 Å². The van der Waals surface area contributed by atoms with Gasteiger partial charge in [0.15, 0.2) is 0 Å². The number of ether oxygens (including phenoxy) is 3. The molecular formula is C15H27AsO3S6. The van der Waals surface area contributed by atoms with Crippen LogP contribution in [0.25, 0.3) is 0 Å². The van der Waals surface area contributed by atoms with Crippen LogP contribution in [0.5, 0.6) is 0 Å². The molecule has 0 amide bonds. The zero-order valence-electron chi connectivity index (χ0n) is 16.1. The summed E-state index contributed by atoms with van der Waals surface area (Å²) in [5.41, 5.74) is -0.987. The maximum atomic E-state index is 5.77. The van der Waals surface area contributed by atoms with Gasteiger partial charge in [-0.3, -0.25) is 0 Å². The predicted octanol–water partition coefficient (Wildman–Crippen LogP) is 6.47. The number of rotatable bonds is 3. The first-order valence-electron chi connectivity index (χ1n) is 7.50. The van der Waals surface area contributed by atoms with E-state index in [1.807, 2.05) is 62.3 Å². The Hall–Kier alpha value is 1.28. The molecule has 0 N–H and O–H groups in total. The molecule has 0 aromatic heterocycles. The first kappa shape index (κ1) is 26.3. The average molecular weight is 523 g/mol. The van der Waals surface area contributed by atoms with E-state index in [1.165, 1.54) is 30.1 Å². The molecule has 0 atom stereocenters. The third kappa shape index (κ3) is 17.1. The van der Waals surface area contributed by atoms with Gasteiger partial charge in [-0.25, -0.2) is 0 Å². The van der Waals surface area contributed by atoms with Crippen molar-refractivity contribution in [2.75, 3.05) is 0 Å². The molecule has 0 fully saturated rings. The molecule has 0 aliphatic carbocycles. The molecule has 0 radical (unpaired) electrons. The minimum absolute atomic E-state index is 0.329. The van der Waals surface area contributed by atoms with Gasteiger partial charge in [0.05, 0.1) is 0 Å². The van der Waals surface area contributed by atoms with Crippen molar-refractivity contribution in [1.29, 1.82) is 0 Å². The van der Waals surface area contributed by atoms with Gasteiger partial charge in [0.1, 0.15) is 0 Å². The van der Waals surface area contributed by atoms with Crippen molar-refractivity contribution in [3.05, 3.63) is 0 Å². The molecule has 0 heterocycles. The Balaban J connectivity index is 4.95. The molecule has 0 saturated carbocycles. The van der Waals surface area contributed by atoms with E-state index in [0.717, 1.165) is 0 Å². The molecule has 146 valence electrons. The Morgan fingerprint density at radius 3 is 0.920 bits per heavy atom. The zero-order chi connectivity index (χ0) is 20.1. The summed E-state index contributed by atoms with van der Waals surface area (Å²) in [4.78, 5) is 0. The average Bonchev–Trinajstić information content (AvgIpc) is 2.18. The van der Waals surface area contributed by atoms with Crippen molar-refractivity contribution in [2.24, 2.45) is 0 Å². The molecule has 0 rings (SSSR count). The normalized spacial score (nSPS) is 12.7. The standard InChI is InChI=1S/C15H27AsO3S6/c1-13(2,3)17-10(20)23-16(24-11(21)18-14(4,5)6)25-12(22)19-15(7,8)9/h1-9H3. The second-order valence-corrected chi connectivity index (χ2v) is 25.1. The van der Waals surface area contributed by atoms with Crippen molar-refractivity contribution < 1.29 is 14.2 Å². The van der Waals surface area contributed by atoms with Crippen LogP contribution >= 0.6 is 66.7 Å². The first-order valence-corrected chi connectivity index (χ1v) is 17.9. The van der Waals surface area contributed by atoms with E-state index in [9.17, 15) is 0 Å². The van der Waals surface area contributed by atoms with Crippen molar-refractivity contribution in [1.82, 2.24) is 0 Å². The molecule has 25 heavy (non-hydrogen) atoms. The third-order valence-electron chi connectivity index (χ3n) is 1.62. The molecule has 0 unspecified atom stereocenters. The Morgan fingerprint density at radius 1 is 0.560 bits per heavy atom. The summed E-state index contributed by atoms with van der Waals surface area (Å²) in [5, 5.41) is 0. The van der Waals surface area contributed by atoms with E-state index in [1.54, 1.807) is 0 Å². The summed E-state index contributed by atoms with van der Waals surface area (Å²) in [6.07, 6.45) is 0. The molecule has 0 aromatic carbocycles. The topological polar surface area (TPSA) is 27.7 Å². The van der Waals surface area contributed by atoms with E-state index in [-0.39, 0.29) is 16.8 Å². The van der Waals surface area contributed by atoms with Gasteiger partial charge < -0.3 is 0 Å². The van der Waals surface area contributed by atoms with Crippen LogP contribution in [0.15, 0.2) is 0 Å². The summed E-state index contributed by atoms with van der Waals surface area (Å²) in [6.45, 7) is 17.7. The fourth-order valence-corrected chi connectivity index (χ4v) is 22.8. The summed E-state index contributed by atoms with van der Waals surface area (Å²) in [7, 11) is 4.58. The number of hydrogen-bond acceptors (Lipinski definition) is 9. The van der Waals surface area contributed by atoms with Gasteiger partial charge in [-0.2, -0.15) is 0 Å². The van der Waals surface area contributed by atoms with Crippen LogP contribution in [0.3, 0.4) is 0 Å². The van der Waals surface area contributed by atoms with Crippen LogP contribution in [-0.2, 0) is 14.2 Å². The quantitative estimate of drug-likeness (QED) is 0.305. The third-order valence-corrected chi connectivity index (χ3v) is 19.1. The SMILES string of the molecule is CC(C)(C)OC(=S)S[As](SC(=S)OC(C)(C)C)SC(=S)OC(C)(C)C. The van der Waals surface area contributed by atoms with Gasteiger partial charge in [-0.1, -0.05) is 0 Å². The van der Waals surface area contributed by atoms with Crippen LogP contribution in [0.4, 0.5) is 0 Å². The molecular weight excluding hydrogens is 495 g/mol. The summed E-state index contributed by atoms with van der Waals surface area (Å²) in [5.74, 6) is 0. The van der Waals surface area contributed by atoms with E-state index in [2.05, 4.69) is 0 Å². The van der Waals surface area contributed by atoms with Crippen molar-refractivity contribution in [3.63, 3.8) is 0 Å². The van der Waals surface area contributed by atoms with Crippen LogP contribution in [0, 0.1) is 0 Å². The molecule has 0 bridgehead atoms. The summed E-state index contributed by atoms with van der Waals surface area (Å²) < 4.78 is 18.8. The Labute approximate surface area is 183 Å². The predicted molar refractivity (Wildman–Crippen MR) is 129 cm³/mol. The second-order valence-electron chi connectivity index (χ2n) is 7.89. The zero-order valence-corrected chi connectivity index (χ0v) is 22.9. The van der Waals surface area contributed by atoms with Crippen molar-refractivity contribution in [3.8, 4) is 0 Å². The molecule has 0 aliphatic rings. The van der Waals surface area contributed by atoms with Crippen LogP contribution in [0.2, 0.25) is 0 Å². The maximum absolute atomic E-state index is 5.77. The van der Waals surface area contributed by atoms with Gasteiger partial charge in [-0.05, 0) is 0 Å². The van der Waals surface area contributed by atoms with E-state index < -0.39 is 11.2 Å². The van der Waals surface area contributed by atoms with E-state index >= 15 is 0 Å². The van der Waals surface area contributed by atoms with Crippen LogP contribution in [0.1, 0.15) is 62.3 Å². The molecule has 10 heteroatoms. The molecule has 3 nitrogen and oxygen atoms in total. The van der Waals surface area contributed by atoms with Gasteiger partial charge in [0.25, 0.3) is 0 Å². The minimum atomic E-state index is -1.80. The van der Waals surface area contributed by atoms with Crippen molar-refractivity contribution in [2.45, 2.75) is 79.1 Å². The van der Waals surface area contributed by atoms with Gasteiger partial charge in [-0.15, -0.1) is 0 Å². The monoisotopic (exact) mass is 522 g/mol. The van der Waals surface area contributed by atoms with Crippen LogP contribution in [-0.4, -0.2) is 41.1 Å². The fraction of sp³-hybridized carbons (Fsp3) is 0.800. The molecule has 0 saturated heterocycles. The summed E-state index contributed by atoms with van der Waals surface area (Å²) >= 11 is 14.4. The van der Waals surface area contributed by atoms with Gasteiger partial charge in [0, 0.05) is 0 Å². The first-order chi connectivity index (χ1) is 11.0. The molecule has 0 aromatic rings. The number of thiocarbonyl (C=S) groups is 3.